The number of amidine groups is 1. The molecule has 2 rings (SSSR count). The molecule has 1 saturated heterocycles. The molecule has 0 aromatic heterocycles. The van der Waals surface area contributed by atoms with Crippen LogP contribution in [-0.2, 0) is 0 Å². The van der Waals surface area contributed by atoms with Gasteiger partial charge in [-0.1, -0.05) is 29.5 Å². The Labute approximate surface area is 124 Å². The molecule has 0 spiro atoms. The molecule has 0 unspecified atom stereocenters. The first-order valence-corrected chi connectivity index (χ1v) is 7.71. The van der Waals surface area contributed by atoms with Crippen molar-refractivity contribution in [1.82, 2.24) is 4.90 Å². The second kappa shape index (κ2) is 5.87. The summed E-state index contributed by atoms with van der Waals surface area (Å²) in [4.78, 5) is 20.4. The van der Waals surface area contributed by atoms with Gasteiger partial charge in [0.1, 0.15) is 0 Å². The number of hydrogen-bond acceptors (Lipinski definition) is 3. The SMILES string of the molecule is Cc1ccc(N2CS/C(=N\C(C)C)N(C)C2=O)c(C)c1. The number of nitrogens with zero attached hydrogens (tertiary/aromatic N) is 3. The number of urea groups is 1. The van der Waals surface area contributed by atoms with E-state index in [0.717, 1.165) is 16.4 Å². The van der Waals surface area contributed by atoms with E-state index in [1.807, 2.05) is 32.9 Å². The normalized spacial score (nSPS) is 18.3. The molecule has 2 amide bonds. The topological polar surface area (TPSA) is 35.9 Å². The smallest absolute Gasteiger partial charge is 0.284 e. The lowest BCUT2D eigenvalue weighted by atomic mass is 10.1. The highest BCUT2D eigenvalue weighted by Crippen LogP contribution is 2.28. The molecule has 0 radical (unpaired) electrons. The summed E-state index contributed by atoms with van der Waals surface area (Å²) in [5.74, 6) is 0.610. The Morgan fingerprint density at radius 1 is 1.30 bits per heavy atom. The Hall–Kier alpha value is -1.49. The molecule has 108 valence electrons. The van der Waals surface area contributed by atoms with Crippen molar-refractivity contribution >= 4 is 28.6 Å². The fraction of sp³-hybridized carbons (Fsp3) is 0.467. The molecule has 0 bridgehead atoms. The highest BCUT2D eigenvalue weighted by Gasteiger charge is 2.30. The molecule has 0 N–H and O–H groups in total. The molecule has 1 aromatic rings. The third-order valence-corrected chi connectivity index (χ3v) is 4.16. The molecule has 1 aliphatic rings. The van der Waals surface area contributed by atoms with Crippen LogP contribution in [0.3, 0.4) is 0 Å². The van der Waals surface area contributed by atoms with Crippen molar-refractivity contribution in [3.8, 4) is 0 Å². The quantitative estimate of drug-likeness (QED) is 0.834. The number of carbonyl (C=O) groups is 1. The Balaban J connectivity index is 2.27. The van der Waals surface area contributed by atoms with Crippen LogP contribution in [0.1, 0.15) is 25.0 Å². The van der Waals surface area contributed by atoms with Gasteiger partial charge in [-0.2, -0.15) is 0 Å². The predicted molar refractivity (Wildman–Crippen MR) is 86.6 cm³/mol. The van der Waals surface area contributed by atoms with Crippen LogP contribution in [0.4, 0.5) is 10.5 Å². The second-order valence-corrected chi connectivity index (χ2v) is 6.25. The molecule has 1 fully saturated rings. The van der Waals surface area contributed by atoms with Crippen molar-refractivity contribution in [1.29, 1.82) is 0 Å². The van der Waals surface area contributed by atoms with Crippen LogP contribution in [0, 0.1) is 13.8 Å². The van der Waals surface area contributed by atoms with Gasteiger partial charge in [0, 0.05) is 18.8 Å². The standard InChI is InChI=1S/C15H21N3OS/c1-10(2)16-14-17(5)15(19)18(9-20-14)13-7-6-11(3)8-12(13)4/h6-8,10H,9H2,1-5H3/b16-14-. The zero-order chi connectivity index (χ0) is 14.9. The van der Waals surface area contributed by atoms with Gasteiger partial charge in [-0.05, 0) is 39.3 Å². The third-order valence-electron chi connectivity index (χ3n) is 3.14. The number of anilines is 1. The maximum absolute atomic E-state index is 12.5. The number of rotatable bonds is 2. The number of carbonyl (C=O) groups excluding carboxylic acids is 1. The lowest BCUT2D eigenvalue weighted by Gasteiger charge is -2.34. The van der Waals surface area contributed by atoms with Crippen LogP contribution in [0.2, 0.25) is 0 Å². The average molecular weight is 291 g/mol. The van der Waals surface area contributed by atoms with E-state index in [0.29, 0.717) is 5.88 Å². The van der Waals surface area contributed by atoms with Crippen LogP contribution < -0.4 is 4.90 Å². The van der Waals surface area contributed by atoms with E-state index in [1.54, 1.807) is 28.6 Å². The predicted octanol–water partition coefficient (Wildman–Crippen LogP) is 3.63. The maximum Gasteiger partial charge on any atom is 0.331 e. The molecule has 0 atom stereocenters. The lowest BCUT2D eigenvalue weighted by Crippen LogP contribution is -2.48. The molecule has 20 heavy (non-hydrogen) atoms. The van der Waals surface area contributed by atoms with Gasteiger partial charge in [-0.3, -0.25) is 14.8 Å². The van der Waals surface area contributed by atoms with Gasteiger partial charge in [0.05, 0.1) is 5.88 Å². The van der Waals surface area contributed by atoms with Crippen molar-refractivity contribution in [2.75, 3.05) is 17.8 Å². The highest BCUT2D eigenvalue weighted by atomic mass is 32.2. The van der Waals surface area contributed by atoms with E-state index in [4.69, 9.17) is 0 Å². The fourth-order valence-corrected chi connectivity index (χ4v) is 3.21. The summed E-state index contributed by atoms with van der Waals surface area (Å²) in [6.45, 7) is 8.13. The number of amides is 2. The maximum atomic E-state index is 12.5. The Morgan fingerprint density at radius 2 is 2.00 bits per heavy atom. The number of aliphatic imine (C=N–C) groups is 1. The van der Waals surface area contributed by atoms with E-state index >= 15 is 0 Å². The molecular formula is C15H21N3OS. The highest BCUT2D eigenvalue weighted by molar-refractivity contribution is 8.14. The zero-order valence-electron chi connectivity index (χ0n) is 12.7. The third kappa shape index (κ3) is 2.98. The summed E-state index contributed by atoms with van der Waals surface area (Å²) in [6.07, 6.45) is 0. The van der Waals surface area contributed by atoms with Gasteiger partial charge in [0.15, 0.2) is 5.17 Å². The van der Waals surface area contributed by atoms with Gasteiger partial charge in [0.2, 0.25) is 0 Å². The number of hydrogen-bond donors (Lipinski definition) is 0. The van der Waals surface area contributed by atoms with Crippen LogP contribution in [-0.4, -0.2) is 35.1 Å². The summed E-state index contributed by atoms with van der Waals surface area (Å²) >= 11 is 1.60. The molecular weight excluding hydrogens is 270 g/mol. The van der Waals surface area contributed by atoms with E-state index in [9.17, 15) is 4.79 Å². The van der Waals surface area contributed by atoms with Crippen molar-refractivity contribution in [2.24, 2.45) is 4.99 Å². The number of thioether (sulfide) groups is 1. The van der Waals surface area contributed by atoms with Crippen LogP contribution >= 0.6 is 11.8 Å². The number of aryl methyl sites for hydroxylation is 2. The lowest BCUT2D eigenvalue weighted by molar-refractivity contribution is 0.233. The zero-order valence-corrected chi connectivity index (χ0v) is 13.5. The minimum Gasteiger partial charge on any atom is -0.284 e. The number of benzene rings is 1. The van der Waals surface area contributed by atoms with Crippen LogP contribution in [0.5, 0.6) is 0 Å². The first kappa shape index (κ1) is 14.9. The van der Waals surface area contributed by atoms with Crippen molar-refractivity contribution in [2.45, 2.75) is 33.7 Å². The minimum absolute atomic E-state index is 0.0184. The molecule has 0 saturated carbocycles. The van der Waals surface area contributed by atoms with E-state index in [1.165, 1.54) is 5.56 Å². The Kier molecular flexibility index (Phi) is 4.38. The Bertz CT molecular complexity index is 554. The Morgan fingerprint density at radius 3 is 2.60 bits per heavy atom. The molecule has 1 aliphatic heterocycles. The van der Waals surface area contributed by atoms with Crippen molar-refractivity contribution in [3.63, 3.8) is 0 Å². The van der Waals surface area contributed by atoms with Crippen LogP contribution in [0.25, 0.3) is 0 Å². The minimum atomic E-state index is -0.0184. The van der Waals surface area contributed by atoms with Gasteiger partial charge >= 0.3 is 6.03 Å². The summed E-state index contributed by atoms with van der Waals surface area (Å²) in [6, 6.07) is 6.33. The largest absolute Gasteiger partial charge is 0.331 e. The fourth-order valence-electron chi connectivity index (χ4n) is 2.16. The van der Waals surface area contributed by atoms with Crippen LogP contribution in [0.15, 0.2) is 23.2 Å². The summed E-state index contributed by atoms with van der Waals surface area (Å²) < 4.78 is 0. The molecule has 5 heteroatoms. The molecule has 1 aromatic carbocycles. The van der Waals surface area contributed by atoms with Gasteiger partial charge in [-0.25, -0.2) is 4.79 Å². The summed E-state index contributed by atoms with van der Waals surface area (Å²) in [5, 5.41) is 0.797. The van der Waals surface area contributed by atoms with Crippen molar-refractivity contribution < 1.29 is 4.79 Å². The van der Waals surface area contributed by atoms with Gasteiger partial charge in [0.25, 0.3) is 0 Å². The van der Waals surface area contributed by atoms with E-state index < -0.39 is 0 Å². The molecule has 1 heterocycles. The van der Waals surface area contributed by atoms with Gasteiger partial charge in [-0.15, -0.1) is 0 Å². The van der Waals surface area contributed by atoms with E-state index in [-0.39, 0.29) is 12.1 Å². The van der Waals surface area contributed by atoms with E-state index in [2.05, 4.69) is 18.0 Å². The second-order valence-electron chi connectivity index (χ2n) is 5.34. The van der Waals surface area contributed by atoms with Gasteiger partial charge < -0.3 is 0 Å². The van der Waals surface area contributed by atoms with Crippen molar-refractivity contribution in [3.05, 3.63) is 29.3 Å². The average Bonchev–Trinajstić information content (AvgIpc) is 2.36. The summed E-state index contributed by atoms with van der Waals surface area (Å²) in [5.41, 5.74) is 3.30. The first-order chi connectivity index (χ1) is 9.40. The monoisotopic (exact) mass is 291 g/mol. The molecule has 0 aliphatic carbocycles. The first-order valence-electron chi connectivity index (χ1n) is 6.73. The molecule has 4 nitrogen and oxygen atoms in total. The summed E-state index contributed by atoms with van der Waals surface area (Å²) in [7, 11) is 1.78.